The second kappa shape index (κ2) is 3.72. The predicted octanol–water partition coefficient (Wildman–Crippen LogP) is 0.547. The van der Waals surface area contributed by atoms with Crippen LogP contribution in [0.4, 0.5) is 0 Å². The molecule has 1 N–H and O–H groups in total. The van der Waals surface area contributed by atoms with Crippen molar-refractivity contribution in [3.8, 4) is 0 Å². The highest BCUT2D eigenvalue weighted by Crippen LogP contribution is 2.15. The lowest BCUT2D eigenvalue weighted by molar-refractivity contribution is -0.145. The number of methoxy groups -OCH3 is 1. The summed E-state index contributed by atoms with van der Waals surface area (Å²) in [5, 5.41) is 3.27. The summed E-state index contributed by atoms with van der Waals surface area (Å²) in [4.78, 5) is 11.0. The Labute approximate surface area is 67.1 Å². The van der Waals surface area contributed by atoms with Crippen LogP contribution in [0.15, 0.2) is 0 Å². The van der Waals surface area contributed by atoms with Crippen LogP contribution in [0.1, 0.15) is 19.8 Å². The number of esters is 1. The Morgan fingerprint density at radius 1 is 1.73 bits per heavy atom. The van der Waals surface area contributed by atoms with E-state index >= 15 is 0 Å². The quantitative estimate of drug-likeness (QED) is 0.595. The van der Waals surface area contributed by atoms with Gasteiger partial charge in [-0.25, -0.2) is 0 Å². The molecule has 0 radical (unpaired) electrons. The number of carbonyl (C=O) groups is 1. The van der Waals surface area contributed by atoms with E-state index in [1.54, 1.807) is 0 Å². The maximum Gasteiger partial charge on any atom is 0.309 e. The lowest BCUT2D eigenvalue weighted by Gasteiger charge is -2.16. The number of carbonyl (C=O) groups excluding carboxylic acids is 1. The predicted molar refractivity (Wildman–Crippen MR) is 42.2 cm³/mol. The van der Waals surface area contributed by atoms with Gasteiger partial charge in [0.25, 0.3) is 0 Å². The maximum absolute atomic E-state index is 11.0. The monoisotopic (exact) mass is 157 g/mol. The topological polar surface area (TPSA) is 38.3 Å². The largest absolute Gasteiger partial charge is 0.469 e. The zero-order valence-corrected chi connectivity index (χ0v) is 7.09. The minimum Gasteiger partial charge on any atom is -0.469 e. The Bertz CT molecular complexity index is 141. The Balaban J connectivity index is 2.39. The van der Waals surface area contributed by atoms with Crippen LogP contribution >= 0.6 is 0 Å². The summed E-state index contributed by atoms with van der Waals surface area (Å²) in [6, 6.07) is 0.336. The van der Waals surface area contributed by atoms with Gasteiger partial charge >= 0.3 is 5.97 Å². The van der Waals surface area contributed by atoms with E-state index in [9.17, 15) is 4.79 Å². The molecule has 1 rings (SSSR count). The van der Waals surface area contributed by atoms with E-state index < -0.39 is 0 Å². The Morgan fingerprint density at radius 2 is 2.45 bits per heavy atom. The first-order valence-corrected chi connectivity index (χ1v) is 4.07. The van der Waals surface area contributed by atoms with Gasteiger partial charge in [0.2, 0.25) is 0 Å². The van der Waals surface area contributed by atoms with Crippen molar-refractivity contribution in [1.82, 2.24) is 5.32 Å². The molecule has 11 heavy (non-hydrogen) atoms. The van der Waals surface area contributed by atoms with E-state index in [-0.39, 0.29) is 11.9 Å². The molecule has 1 heterocycles. The molecule has 0 aliphatic carbocycles. The molecule has 3 nitrogen and oxygen atoms in total. The fraction of sp³-hybridized carbons (Fsp3) is 0.875. The third kappa shape index (κ3) is 1.93. The number of hydrogen-bond donors (Lipinski definition) is 1. The number of rotatable bonds is 2. The summed E-state index contributed by atoms with van der Waals surface area (Å²) in [5.74, 6) is -0.105. The van der Waals surface area contributed by atoms with Crippen LogP contribution < -0.4 is 5.32 Å². The van der Waals surface area contributed by atoms with Gasteiger partial charge in [-0.15, -0.1) is 0 Å². The van der Waals surface area contributed by atoms with Gasteiger partial charge in [-0.3, -0.25) is 4.79 Å². The van der Waals surface area contributed by atoms with Crippen LogP contribution in [0.3, 0.4) is 0 Å². The normalized spacial score (nSPS) is 26.5. The summed E-state index contributed by atoms with van der Waals surface area (Å²) in [6.07, 6.45) is 2.27. The lowest BCUT2D eigenvalue weighted by Crippen LogP contribution is -2.34. The third-order valence-corrected chi connectivity index (χ3v) is 2.27. The number of ether oxygens (including phenoxy) is 1. The van der Waals surface area contributed by atoms with Gasteiger partial charge in [-0.2, -0.15) is 0 Å². The molecule has 0 aromatic heterocycles. The molecular formula is C8H15NO2. The summed E-state index contributed by atoms with van der Waals surface area (Å²) >= 11 is 0. The summed E-state index contributed by atoms with van der Waals surface area (Å²) in [5.41, 5.74) is 0. The van der Waals surface area contributed by atoms with Gasteiger partial charge in [-0.05, 0) is 19.4 Å². The second-order valence-corrected chi connectivity index (χ2v) is 3.01. The van der Waals surface area contributed by atoms with Crippen LogP contribution in [0.2, 0.25) is 0 Å². The zero-order chi connectivity index (χ0) is 8.27. The van der Waals surface area contributed by atoms with E-state index in [1.807, 2.05) is 6.92 Å². The van der Waals surface area contributed by atoms with E-state index in [2.05, 4.69) is 10.1 Å². The fourth-order valence-electron chi connectivity index (χ4n) is 1.49. The molecule has 1 aliphatic heterocycles. The molecule has 64 valence electrons. The van der Waals surface area contributed by atoms with E-state index in [0.29, 0.717) is 6.04 Å². The first-order valence-electron chi connectivity index (χ1n) is 4.07. The van der Waals surface area contributed by atoms with E-state index in [4.69, 9.17) is 0 Å². The van der Waals surface area contributed by atoms with Crippen molar-refractivity contribution in [2.75, 3.05) is 13.7 Å². The molecule has 0 unspecified atom stereocenters. The average molecular weight is 157 g/mol. The SMILES string of the molecule is COC(=O)[C@H](C)[C@H]1CCCN1. The molecule has 0 aromatic carbocycles. The summed E-state index contributed by atoms with van der Waals surface area (Å²) in [6.45, 7) is 2.95. The Kier molecular flexibility index (Phi) is 2.88. The molecule has 1 aliphatic rings. The van der Waals surface area contributed by atoms with Crippen molar-refractivity contribution < 1.29 is 9.53 Å². The highest BCUT2D eigenvalue weighted by molar-refractivity contribution is 5.72. The highest BCUT2D eigenvalue weighted by Gasteiger charge is 2.26. The Hall–Kier alpha value is -0.570. The Morgan fingerprint density at radius 3 is 2.91 bits per heavy atom. The second-order valence-electron chi connectivity index (χ2n) is 3.01. The summed E-state index contributed by atoms with van der Waals surface area (Å²) in [7, 11) is 1.44. The fourth-order valence-corrected chi connectivity index (χ4v) is 1.49. The van der Waals surface area contributed by atoms with Crippen LogP contribution in [0.25, 0.3) is 0 Å². The molecule has 0 amide bonds. The van der Waals surface area contributed by atoms with Gasteiger partial charge in [0.05, 0.1) is 13.0 Å². The molecule has 0 aromatic rings. The average Bonchev–Trinajstić information content (AvgIpc) is 2.53. The number of nitrogens with one attached hydrogen (secondary N) is 1. The molecule has 3 heteroatoms. The molecule has 0 spiro atoms. The molecular weight excluding hydrogens is 142 g/mol. The van der Waals surface area contributed by atoms with Crippen molar-refractivity contribution in [2.45, 2.75) is 25.8 Å². The van der Waals surface area contributed by atoms with Crippen LogP contribution in [-0.4, -0.2) is 25.7 Å². The van der Waals surface area contributed by atoms with E-state index in [0.717, 1.165) is 13.0 Å². The van der Waals surface area contributed by atoms with E-state index in [1.165, 1.54) is 13.5 Å². The summed E-state index contributed by atoms with van der Waals surface area (Å²) < 4.78 is 4.65. The van der Waals surface area contributed by atoms with Crippen molar-refractivity contribution in [2.24, 2.45) is 5.92 Å². The molecule has 1 fully saturated rings. The minimum absolute atomic E-state index is 0.00231. The zero-order valence-electron chi connectivity index (χ0n) is 7.09. The first-order chi connectivity index (χ1) is 5.25. The minimum atomic E-state index is -0.107. The highest BCUT2D eigenvalue weighted by atomic mass is 16.5. The van der Waals surface area contributed by atoms with Gasteiger partial charge in [0, 0.05) is 6.04 Å². The van der Waals surface area contributed by atoms with Crippen molar-refractivity contribution in [1.29, 1.82) is 0 Å². The molecule has 2 atom stereocenters. The molecule has 0 saturated carbocycles. The van der Waals surface area contributed by atoms with Crippen molar-refractivity contribution in [3.63, 3.8) is 0 Å². The first kappa shape index (κ1) is 8.53. The smallest absolute Gasteiger partial charge is 0.309 e. The van der Waals surface area contributed by atoms with Crippen molar-refractivity contribution in [3.05, 3.63) is 0 Å². The van der Waals surface area contributed by atoms with Gasteiger partial charge in [0.15, 0.2) is 0 Å². The van der Waals surface area contributed by atoms with Crippen LogP contribution in [-0.2, 0) is 9.53 Å². The molecule has 1 saturated heterocycles. The standard InChI is InChI=1S/C8H15NO2/c1-6(8(10)11-2)7-4-3-5-9-7/h6-7,9H,3-5H2,1-2H3/t6-,7-/m1/s1. The van der Waals surface area contributed by atoms with Crippen LogP contribution in [0.5, 0.6) is 0 Å². The number of hydrogen-bond acceptors (Lipinski definition) is 3. The third-order valence-electron chi connectivity index (χ3n) is 2.27. The van der Waals surface area contributed by atoms with Crippen molar-refractivity contribution >= 4 is 5.97 Å². The van der Waals surface area contributed by atoms with Gasteiger partial charge < -0.3 is 10.1 Å². The molecule has 0 bridgehead atoms. The van der Waals surface area contributed by atoms with Gasteiger partial charge in [0.1, 0.15) is 0 Å². The lowest BCUT2D eigenvalue weighted by atomic mass is 10.0. The maximum atomic E-state index is 11.0. The van der Waals surface area contributed by atoms with Crippen LogP contribution in [0, 0.1) is 5.92 Å². The van der Waals surface area contributed by atoms with Gasteiger partial charge in [-0.1, -0.05) is 6.92 Å².